The SMILES string of the molecule is Cc1ccc(C2Cn3cnc(C(=O)N4CCC(C(=O)NC5CCCC5)CC4)c3CO2)cc1. The molecule has 2 aromatic rings. The second-order valence-electron chi connectivity index (χ2n) is 9.46. The number of likely N-dealkylation sites (tertiary alicyclic amines) is 1. The van der Waals surface area contributed by atoms with Crippen LogP contribution in [0.15, 0.2) is 30.6 Å². The minimum atomic E-state index is -0.0502. The Morgan fingerprint density at radius 1 is 1.06 bits per heavy atom. The number of hydrogen-bond acceptors (Lipinski definition) is 4. The number of ether oxygens (including phenoxy) is 1. The van der Waals surface area contributed by atoms with Crippen LogP contribution < -0.4 is 5.32 Å². The average molecular weight is 437 g/mol. The van der Waals surface area contributed by atoms with Crippen molar-refractivity contribution in [3.63, 3.8) is 0 Å². The van der Waals surface area contributed by atoms with Gasteiger partial charge in [-0.25, -0.2) is 4.98 Å². The Hall–Kier alpha value is -2.67. The Kier molecular flexibility index (Phi) is 6.00. The lowest BCUT2D eigenvalue weighted by molar-refractivity contribution is -0.127. The molecule has 0 spiro atoms. The summed E-state index contributed by atoms with van der Waals surface area (Å²) in [5.41, 5.74) is 3.70. The summed E-state index contributed by atoms with van der Waals surface area (Å²) in [5, 5.41) is 3.21. The first-order valence-electron chi connectivity index (χ1n) is 11.9. The van der Waals surface area contributed by atoms with Gasteiger partial charge in [0.2, 0.25) is 5.91 Å². The van der Waals surface area contributed by atoms with E-state index in [-0.39, 0.29) is 23.8 Å². The summed E-state index contributed by atoms with van der Waals surface area (Å²) in [7, 11) is 0. The maximum Gasteiger partial charge on any atom is 0.274 e. The Labute approximate surface area is 189 Å². The molecule has 1 aromatic heterocycles. The monoisotopic (exact) mass is 436 g/mol. The number of piperidine rings is 1. The smallest absolute Gasteiger partial charge is 0.274 e. The minimum absolute atomic E-state index is 0.00848. The van der Waals surface area contributed by atoms with Gasteiger partial charge < -0.3 is 19.5 Å². The van der Waals surface area contributed by atoms with Gasteiger partial charge in [-0.2, -0.15) is 0 Å². The van der Waals surface area contributed by atoms with Gasteiger partial charge in [0, 0.05) is 25.0 Å². The third kappa shape index (κ3) is 4.31. The Balaban J connectivity index is 1.18. The molecule has 2 fully saturated rings. The summed E-state index contributed by atoms with van der Waals surface area (Å²) in [6, 6.07) is 8.73. The van der Waals surface area contributed by atoms with E-state index in [0.717, 1.165) is 24.1 Å². The topological polar surface area (TPSA) is 76.5 Å². The van der Waals surface area contributed by atoms with Crippen LogP contribution in [0.1, 0.15) is 71.9 Å². The highest BCUT2D eigenvalue weighted by Gasteiger charge is 2.33. The number of amides is 2. The van der Waals surface area contributed by atoms with Crippen molar-refractivity contribution >= 4 is 11.8 Å². The number of aromatic nitrogens is 2. The first kappa shape index (κ1) is 21.2. The zero-order valence-electron chi connectivity index (χ0n) is 18.8. The van der Waals surface area contributed by atoms with Gasteiger partial charge in [0.1, 0.15) is 6.10 Å². The fourth-order valence-electron chi connectivity index (χ4n) is 5.17. The third-order valence-corrected chi connectivity index (χ3v) is 7.24. The first-order chi connectivity index (χ1) is 15.6. The molecule has 2 amide bonds. The number of fused-ring (bicyclic) bond motifs is 1. The van der Waals surface area contributed by atoms with Gasteiger partial charge in [-0.15, -0.1) is 0 Å². The van der Waals surface area contributed by atoms with Gasteiger partial charge in [-0.1, -0.05) is 42.7 Å². The van der Waals surface area contributed by atoms with Crippen LogP contribution in [-0.4, -0.2) is 45.4 Å². The molecule has 7 heteroatoms. The van der Waals surface area contributed by atoms with Gasteiger partial charge in [0.25, 0.3) is 5.91 Å². The van der Waals surface area contributed by atoms with E-state index in [2.05, 4.69) is 41.5 Å². The number of carbonyl (C=O) groups is 2. The molecule has 1 unspecified atom stereocenters. The van der Waals surface area contributed by atoms with Crippen molar-refractivity contribution in [2.75, 3.05) is 13.1 Å². The number of benzene rings is 1. The maximum atomic E-state index is 13.2. The number of rotatable bonds is 4. The number of hydrogen-bond donors (Lipinski definition) is 1. The molecule has 1 saturated carbocycles. The summed E-state index contributed by atoms with van der Waals surface area (Å²) in [4.78, 5) is 32.0. The van der Waals surface area contributed by atoms with Crippen molar-refractivity contribution in [2.45, 2.75) is 70.7 Å². The highest BCUT2D eigenvalue weighted by atomic mass is 16.5. The summed E-state index contributed by atoms with van der Waals surface area (Å²) in [6.45, 7) is 4.30. The van der Waals surface area contributed by atoms with Gasteiger partial charge in [0.05, 0.1) is 25.2 Å². The standard InChI is InChI=1S/C25H32N4O3/c1-17-6-8-18(9-7-17)22-14-29-16-26-23(21(29)15-32-22)25(31)28-12-10-19(11-13-28)24(30)27-20-4-2-3-5-20/h6-9,16,19-20,22H,2-5,10-15H2,1H3,(H,27,30). The maximum absolute atomic E-state index is 13.2. The van der Waals surface area contributed by atoms with Gasteiger partial charge >= 0.3 is 0 Å². The molecule has 1 N–H and O–H groups in total. The largest absolute Gasteiger partial charge is 0.365 e. The van der Waals surface area contributed by atoms with Crippen LogP contribution in [0.4, 0.5) is 0 Å². The molecule has 0 radical (unpaired) electrons. The number of nitrogens with zero attached hydrogens (tertiary/aromatic N) is 3. The zero-order chi connectivity index (χ0) is 22.1. The predicted molar refractivity (Wildman–Crippen MR) is 120 cm³/mol. The van der Waals surface area contributed by atoms with Crippen molar-refractivity contribution in [3.8, 4) is 0 Å². The molecule has 1 saturated heterocycles. The van der Waals surface area contributed by atoms with E-state index in [9.17, 15) is 9.59 Å². The molecule has 7 nitrogen and oxygen atoms in total. The molecule has 2 aliphatic heterocycles. The molecular weight excluding hydrogens is 404 g/mol. The molecule has 1 aliphatic carbocycles. The number of nitrogens with one attached hydrogen (secondary N) is 1. The summed E-state index contributed by atoms with van der Waals surface area (Å²) in [6.07, 6.45) is 7.77. The van der Waals surface area contributed by atoms with Crippen molar-refractivity contribution < 1.29 is 14.3 Å². The van der Waals surface area contributed by atoms with E-state index < -0.39 is 0 Å². The van der Waals surface area contributed by atoms with Crippen molar-refractivity contribution in [3.05, 3.63) is 53.1 Å². The lowest BCUT2D eigenvalue weighted by Crippen LogP contribution is -2.45. The molecule has 3 aliphatic rings. The van der Waals surface area contributed by atoms with Crippen LogP contribution in [-0.2, 0) is 22.7 Å². The molecular formula is C25H32N4O3. The molecule has 1 aromatic carbocycles. The zero-order valence-corrected chi connectivity index (χ0v) is 18.8. The molecule has 5 rings (SSSR count). The summed E-state index contributed by atoms with van der Waals surface area (Å²) in [5.74, 6) is 0.124. The summed E-state index contributed by atoms with van der Waals surface area (Å²) >= 11 is 0. The third-order valence-electron chi connectivity index (χ3n) is 7.24. The van der Waals surface area contributed by atoms with E-state index in [0.29, 0.717) is 50.8 Å². The molecule has 1 atom stereocenters. The average Bonchev–Trinajstić information content (AvgIpc) is 3.48. The predicted octanol–water partition coefficient (Wildman–Crippen LogP) is 3.37. The number of carbonyl (C=O) groups excluding carboxylic acids is 2. The second-order valence-corrected chi connectivity index (χ2v) is 9.46. The van der Waals surface area contributed by atoms with Crippen LogP contribution in [0, 0.1) is 12.8 Å². The molecule has 3 heterocycles. The van der Waals surface area contributed by atoms with Crippen molar-refractivity contribution in [1.29, 1.82) is 0 Å². The highest BCUT2D eigenvalue weighted by Crippen LogP contribution is 2.29. The van der Waals surface area contributed by atoms with E-state index >= 15 is 0 Å². The minimum Gasteiger partial charge on any atom is -0.365 e. The molecule has 32 heavy (non-hydrogen) atoms. The van der Waals surface area contributed by atoms with Crippen molar-refractivity contribution in [2.24, 2.45) is 5.92 Å². The van der Waals surface area contributed by atoms with Gasteiger partial charge in [-0.3, -0.25) is 9.59 Å². The lowest BCUT2D eigenvalue weighted by atomic mass is 9.95. The quantitative estimate of drug-likeness (QED) is 0.797. The van der Waals surface area contributed by atoms with Crippen LogP contribution in [0.2, 0.25) is 0 Å². The van der Waals surface area contributed by atoms with E-state index in [4.69, 9.17) is 4.74 Å². The second kappa shape index (κ2) is 9.06. The van der Waals surface area contributed by atoms with Crippen molar-refractivity contribution in [1.82, 2.24) is 19.8 Å². The number of aryl methyl sites for hydroxylation is 1. The van der Waals surface area contributed by atoms with Gasteiger partial charge in [0.15, 0.2) is 5.69 Å². The fourth-order valence-corrected chi connectivity index (χ4v) is 5.17. The van der Waals surface area contributed by atoms with E-state index in [1.807, 2.05) is 9.47 Å². The van der Waals surface area contributed by atoms with Crippen LogP contribution in [0.5, 0.6) is 0 Å². The number of imidazole rings is 1. The first-order valence-corrected chi connectivity index (χ1v) is 11.9. The Morgan fingerprint density at radius 3 is 2.50 bits per heavy atom. The summed E-state index contributed by atoms with van der Waals surface area (Å²) < 4.78 is 8.14. The van der Waals surface area contributed by atoms with Crippen LogP contribution in [0.25, 0.3) is 0 Å². The Morgan fingerprint density at radius 2 is 1.78 bits per heavy atom. The lowest BCUT2D eigenvalue weighted by Gasteiger charge is -2.32. The molecule has 0 bridgehead atoms. The van der Waals surface area contributed by atoms with Gasteiger partial charge in [-0.05, 0) is 38.2 Å². The fraction of sp³-hybridized carbons (Fsp3) is 0.560. The van der Waals surface area contributed by atoms with E-state index in [1.54, 1.807) is 6.33 Å². The van der Waals surface area contributed by atoms with Crippen LogP contribution in [0.3, 0.4) is 0 Å². The Bertz CT molecular complexity index is 970. The van der Waals surface area contributed by atoms with E-state index in [1.165, 1.54) is 18.4 Å². The molecule has 170 valence electrons. The highest BCUT2D eigenvalue weighted by molar-refractivity contribution is 5.93. The normalized spacial score (nSPS) is 22.0. The van der Waals surface area contributed by atoms with Crippen LogP contribution >= 0.6 is 0 Å².